The number of pyridine rings is 1. The van der Waals surface area contributed by atoms with Crippen molar-refractivity contribution in [3.63, 3.8) is 0 Å². The number of benzene rings is 1. The van der Waals surface area contributed by atoms with Gasteiger partial charge in [-0.1, -0.05) is 28.1 Å². The second-order valence-electron chi connectivity index (χ2n) is 6.14. The fourth-order valence-electron chi connectivity index (χ4n) is 2.59. The lowest BCUT2D eigenvalue weighted by molar-refractivity contribution is -0.118. The van der Waals surface area contributed by atoms with Gasteiger partial charge in [0.05, 0.1) is 18.0 Å². The van der Waals surface area contributed by atoms with Gasteiger partial charge in [0.1, 0.15) is 11.4 Å². The third-order valence-corrected chi connectivity index (χ3v) is 5.73. The summed E-state index contributed by atoms with van der Waals surface area (Å²) in [6.07, 6.45) is 3.70. The molecule has 3 aromatic rings. The third kappa shape index (κ3) is 4.92. The standard InChI is InChI=1S/C18H18BrN3O3S/c1-13-5-6-22-10-16(21-17(22)7-13)9-20-18(23)12-26(24,25)11-14-3-2-4-15(19)8-14/h2-8,10H,9,11-12H2,1H3,(H,20,23). The number of halogens is 1. The first-order valence-electron chi connectivity index (χ1n) is 7.96. The van der Waals surface area contributed by atoms with Gasteiger partial charge in [0.2, 0.25) is 5.91 Å². The Kier molecular flexibility index (Phi) is 5.43. The van der Waals surface area contributed by atoms with Crippen molar-refractivity contribution in [3.05, 3.63) is 70.1 Å². The molecule has 0 saturated heterocycles. The molecule has 8 heteroatoms. The van der Waals surface area contributed by atoms with E-state index in [0.717, 1.165) is 15.7 Å². The summed E-state index contributed by atoms with van der Waals surface area (Å²) in [5.41, 5.74) is 3.20. The maximum Gasteiger partial charge on any atom is 0.235 e. The van der Waals surface area contributed by atoms with Crippen molar-refractivity contribution < 1.29 is 13.2 Å². The highest BCUT2D eigenvalue weighted by Crippen LogP contribution is 2.14. The number of aromatic nitrogens is 2. The number of nitrogens with zero attached hydrogens (tertiary/aromatic N) is 2. The molecular weight excluding hydrogens is 418 g/mol. The van der Waals surface area contributed by atoms with Gasteiger partial charge in [0.15, 0.2) is 9.84 Å². The van der Waals surface area contributed by atoms with Crippen LogP contribution in [0.2, 0.25) is 0 Å². The second-order valence-corrected chi connectivity index (χ2v) is 9.12. The molecule has 0 bridgehead atoms. The van der Waals surface area contributed by atoms with Crippen LogP contribution in [0.15, 0.2) is 53.3 Å². The molecule has 0 aliphatic rings. The van der Waals surface area contributed by atoms with E-state index in [4.69, 9.17) is 0 Å². The summed E-state index contributed by atoms with van der Waals surface area (Å²) < 4.78 is 27.1. The zero-order chi connectivity index (χ0) is 18.7. The van der Waals surface area contributed by atoms with Crippen LogP contribution < -0.4 is 5.32 Å². The molecule has 0 atom stereocenters. The summed E-state index contributed by atoms with van der Waals surface area (Å²) in [5.74, 6) is -1.26. The zero-order valence-electron chi connectivity index (χ0n) is 14.1. The van der Waals surface area contributed by atoms with Crippen molar-refractivity contribution >= 4 is 37.3 Å². The van der Waals surface area contributed by atoms with E-state index in [9.17, 15) is 13.2 Å². The summed E-state index contributed by atoms with van der Waals surface area (Å²) in [4.78, 5) is 16.4. The van der Waals surface area contributed by atoms with Gasteiger partial charge >= 0.3 is 0 Å². The molecule has 0 aliphatic carbocycles. The highest BCUT2D eigenvalue weighted by molar-refractivity contribution is 9.10. The zero-order valence-corrected chi connectivity index (χ0v) is 16.5. The topological polar surface area (TPSA) is 80.5 Å². The Morgan fingerprint density at radius 1 is 1.27 bits per heavy atom. The molecule has 0 spiro atoms. The highest BCUT2D eigenvalue weighted by Gasteiger charge is 2.17. The monoisotopic (exact) mass is 435 g/mol. The van der Waals surface area contributed by atoms with Gasteiger partial charge in [-0.25, -0.2) is 13.4 Å². The van der Waals surface area contributed by atoms with Crippen LogP contribution in [0.3, 0.4) is 0 Å². The van der Waals surface area contributed by atoms with Crippen LogP contribution in [0, 0.1) is 6.92 Å². The highest BCUT2D eigenvalue weighted by atomic mass is 79.9. The number of nitrogens with one attached hydrogen (secondary N) is 1. The molecule has 1 N–H and O–H groups in total. The molecular formula is C18H18BrN3O3S. The number of carbonyl (C=O) groups is 1. The summed E-state index contributed by atoms with van der Waals surface area (Å²) >= 11 is 3.31. The van der Waals surface area contributed by atoms with Crippen LogP contribution in [0.5, 0.6) is 0 Å². The van der Waals surface area contributed by atoms with Crippen molar-refractivity contribution in [3.8, 4) is 0 Å². The minimum absolute atomic E-state index is 0.173. The minimum Gasteiger partial charge on any atom is -0.350 e. The van der Waals surface area contributed by atoms with E-state index in [-0.39, 0.29) is 12.3 Å². The lowest BCUT2D eigenvalue weighted by Crippen LogP contribution is -2.30. The third-order valence-electron chi connectivity index (χ3n) is 3.76. The summed E-state index contributed by atoms with van der Waals surface area (Å²) in [6, 6.07) is 10.9. The van der Waals surface area contributed by atoms with Gasteiger partial charge in [0, 0.05) is 16.9 Å². The van der Waals surface area contributed by atoms with Crippen LogP contribution in [0.25, 0.3) is 5.65 Å². The van der Waals surface area contributed by atoms with E-state index in [2.05, 4.69) is 26.2 Å². The Morgan fingerprint density at radius 2 is 2.08 bits per heavy atom. The number of carbonyl (C=O) groups excluding carboxylic acids is 1. The predicted molar refractivity (Wildman–Crippen MR) is 103 cm³/mol. The van der Waals surface area contributed by atoms with Crippen molar-refractivity contribution in [2.45, 2.75) is 19.2 Å². The number of aryl methyl sites for hydroxylation is 1. The lowest BCUT2D eigenvalue weighted by Gasteiger charge is -2.06. The number of hydrogen-bond acceptors (Lipinski definition) is 4. The Morgan fingerprint density at radius 3 is 2.85 bits per heavy atom. The van der Waals surface area contributed by atoms with Gasteiger partial charge < -0.3 is 9.72 Å². The number of fused-ring (bicyclic) bond motifs is 1. The summed E-state index contributed by atoms with van der Waals surface area (Å²) in [5, 5.41) is 2.62. The number of rotatable bonds is 6. The van der Waals surface area contributed by atoms with Crippen LogP contribution in [0.1, 0.15) is 16.8 Å². The smallest absolute Gasteiger partial charge is 0.235 e. The molecule has 6 nitrogen and oxygen atoms in total. The van der Waals surface area contributed by atoms with E-state index in [1.165, 1.54) is 0 Å². The number of hydrogen-bond donors (Lipinski definition) is 1. The molecule has 0 unspecified atom stereocenters. The summed E-state index contributed by atoms with van der Waals surface area (Å²) in [6.45, 7) is 2.16. The van der Waals surface area contributed by atoms with E-state index < -0.39 is 21.5 Å². The molecule has 2 aromatic heterocycles. The van der Waals surface area contributed by atoms with Crippen molar-refractivity contribution in [2.75, 3.05) is 5.75 Å². The fraction of sp³-hybridized carbons (Fsp3) is 0.222. The minimum atomic E-state index is -3.54. The molecule has 0 radical (unpaired) electrons. The van der Waals surface area contributed by atoms with Crippen LogP contribution in [0.4, 0.5) is 0 Å². The molecule has 0 saturated carbocycles. The van der Waals surface area contributed by atoms with E-state index in [1.54, 1.807) is 18.2 Å². The van der Waals surface area contributed by atoms with Crippen LogP contribution >= 0.6 is 15.9 Å². The van der Waals surface area contributed by atoms with Gasteiger partial charge in [-0.05, 0) is 42.3 Å². The first-order valence-corrected chi connectivity index (χ1v) is 10.6. The largest absolute Gasteiger partial charge is 0.350 e. The molecule has 1 amide bonds. The maximum atomic E-state index is 12.2. The van der Waals surface area contributed by atoms with Gasteiger partial charge in [-0.15, -0.1) is 0 Å². The van der Waals surface area contributed by atoms with Gasteiger partial charge in [0.25, 0.3) is 0 Å². The Bertz CT molecular complexity index is 1060. The van der Waals surface area contributed by atoms with Crippen LogP contribution in [-0.2, 0) is 26.9 Å². The van der Waals surface area contributed by atoms with Crippen molar-refractivity contribution in [2.24, 2.45) is 0 Å². The van der Waals surface area contributed by atoms with E-state index in [0.29, 0.717) is 11.3 Å². The average molecular weight is 436 g/mol. The lowest BCUT2D eigenvalue weighted by atomic mass is 10.2. The van der Waals surface area contributed by atoms with Gasteiger partial charge in [-0.2, -0.15) is 0 Å². The molecule has 2 heterocycles. The fourth-order valence-corrected chi connectivity index (χ4v) is 4.33. The van der Waals surface area contributed by atoms with Crippen molar-refractivity contribution in [1.29, 1.82) is 0 Å². The molecule has 0 aliphatic heterocycles. The van der Waals surface area contributed by atoms with E-state index >= 15 is 0 Å². The molecule has 136 valence electrons. The Hall–Kier alpha value is -2.19. The first-order chi connectivity index (χ1) is 12.3. The predicted octanol–water partition coefficient (Wildman–Crippen LogP) is 2.64. The molecule has 3 rings (SSSR count). The second kappa shape index (κ2) is 7.59. The normalized spacial score (nSPS) is 11.6. The number of amides is 1. The number of sulfone groups is 1. The van der Waals surface area contributed by atoms with E-state index in [1.807, 2.05) is 41.9 Å². The Labute approximate surface area is 160 Å². The summed E-state index contributed by atoms with van der Waals surface area (Å²) in [7, 11) is -3.54. The molecule has 1 aromatic carbocycles. The van der Waals surface area contributed by atoms with Crippen molar-refractivity contribution in [1.82, 2.24) is 14.7 Å². The maximum absolute atomic E-state index is 12.2. The number of imidazole rings is 1. The molecule has 0 fully saturated rings. The first kappa shape index (κ1) is 18.6. The van der Waals surface area contributed by atoms with Crippen LogP contribution in [-0.4, -0.2) is 29.5 Å². The SMILES string of the molecule is Cc1ccn2cc(CNC(=O)CS(=O)(=O)Cc3cccc(Br)c3)nc2c1. The van der Waals surface area contributed by atoms with Gasteiger partial charge in [-0.3, -0.25) is 4.79 Å². The quantitative estimate of drug-likeness (QED) is 0.645. The Balaban J connectivity index is 1.58. The average Bonchev–Trinajstić information content (AvgIpc) is 2.94. The molecule has 26 heavy (non-hydrogen) atoms.